The van der Waals surface area contributed by atoms with Crippen LogP contribution in [0.5, 0.6) is 0 Å². The van der Waals surface area contributed by atoms with Crippen LogP contribution in [-0.2, 0) is 9.59 Å². The van der Waals surface area contributed by atoms with Crippen LogP contribution in [0, 0.1) is 17.8 Å². The summed E-state index contributed by atoms with van der Waals surface area (Å²) in [6, 6.07) is 0. The predicted octanol–water partition coefficient (Wildman–Crippen LogP) is 2.61. The Labute approximate surface area is 86.1 Å². The van der Waals surface area contributed by atoms with Crippen molar-refractivity contribution >= 4 is 11.6 Å². The summed E-state index contributed by atoms with van der Waals surface area (Å²) in [5, 5.41) is 0. The van der Waals surface area contributed by atoms with Gasteiger partial charge in [-0.2, -0.15) is 0 Å². The number of carbonyl (C=O) groups is 2. The van der Waals surface area contributed by atoms with Gasteiger partial charge in [0, 0.05) is 24.2 Å². The molecule has 0 amide bonds. The Morgan fingerprint density at radius 3 is 2.21 bits per heavy atom. The van der Waals surface area contributed by atoms with E-state index in [2.05, 4.69) is 0 Å². The maximum atomic E-state index is 11.7. The lowest BCUT2D eigenvalue weighted by Crippen LogP contribution is -2.22. The molecule has 0 radical (unpaired) electrons. The zero-order valence-corrected chi connectivity index (χ0v) is 9.38. The molecule has 1 fully saturated rings. The lowest BCUT2D eigenvalue weighted by atomic mass is 9.88. The minimum absolute atomic E-state index is 0.0249. The number of rotatable bonds is 6. The molecule has 1 rings (SSSR count). The molecule has 0 bridgehead atoms. The molecule has 1 aliphatic rings. The van der Waals surface area contributed by atoms with Gasteiger partial charge in [-0.1, -0.05) is 20.8 Å². The van der Waals surface area contributed by atoms with Crippen molar-refractivity contribution in [3.8, 4) is 0 Å². The normalized spacial score (nSPS) is 18.3. The van der Waals surface area contributed by atoms with E-state index in [1.54, 1.807) is 0 Å². The molecule has 1 unspecified atom stereocenters. The van der Waals surface area contributed by atoms with Gasteiger partial charge in [0.1, 0.15) is 11.6 Å². The topological polar surface area (TPSA) is 34.1 Å². The summed E-state index contributed by atoms with van der Waals surface area (Å²) in [7, 11) is 0. The second-order valence-electron chi connectivity index (χ2n) is 4.61. The summed E-state index contributed by atoms with van der Waals surface area (Å²) < 4.78 is 0. The van der Waals surface area contributed by atoms with Crippen molar-refractivity contribution in [3.05, 3.63) is 0 Å². The van der Waals surface area contributed by atoms with E-state index in [0.717, 1.165) is 19.3 Å². The fraction of sp³-hybridized carbons (Fsp3) is 0.833. The van der Waals surface area contributed by atoms with Gasteiger partial charge < -0.3 is 0 Å². The van der Waals surface area contributed by atoms with E-state index < -0.39 is 0 Å². The third-order valence-corrected chi connectivity index (χ3v) is 2.94. The van der Waals surface area contributed by atoms with Gasteiger partial charge >= 0.3 is 0 Å². The van der Waals surface area contributed by atoms with Crippen molar-refractivity contribution < 1.29 is 9.59 Å². The summed E-state index contributed by atoms with van der Waals surface area (Å²) in [4.78, 5) is 23.2. The van der Waals surface area contributed by atoms with E-state index in [0.29, 0.717) is 18.1 Å². The Hall–Kier alpha value is -0.660. The highest BCUT2D eigenvalue weighted by molar-refractivity contribution is 5.90. The molecule has 0 saturated heterocycles. The van der Waals surface area contributed by atoms with Gasteiger partial charge in [-0.05, 0) is 19.3 Å². The van der Waals surface area contributed by atoms with Crippen LogP contribution in [0.2, 0.25) is 0 Å². The average Bonchev–Trinajstić information content (AvgIpc) is 2.95. The number of hydrogen-bond donors (Lipinski definition) is 0. The molecule has 80 valence electrons. The zero-order valence-electron chi connectivity index (χ0n) is 9.38. The van der Waals surface area contributed by atoms with Gasteiger partial charge in [-0.25, -0.2) is 0 Å². The summed E-state index contributed by atoms with van der Waals surface area (Å²) in [5.41, 5.74) is 0. The molecule has 1 aliphatic carbocycles. The largest absolute Gasteiger partial charge is 0.299 e. The van der Waals surface area contributed by atoms with Crippen LogP contribution < -0.4 is 0 Å². The summed E-state index contributed by atoms with van der Waals surface area (Å²) in [6.07, 6.45) is 3.38. The van der Waals surface area contributed by atoms with Gasteiger partial charge in [0.15, 0.2) is 0 Å². The molecule has 2 heteroatoms. The van der Waals surface area contributed by atoms with Gasteiger partial charge in [0.25, 0.3) is 0 Å². The van der Waals surface area contributed by atoms with Crippen LogP contribution in [0.3, 0.4) is 0 Å². The van der Waals surface area contributed by atoms with Gasteiger partial charge in [0.2, 0.25) is 0 Å². The first-order valence-corrected chi connectivity index (χ1v) is 5.62. The van der Waals surface area contributed by atoms with Crippen molar-refractivity contribution in [1.29, 1.82) is 0 Å². The minimum atomic E-state index is -0.0249. The first-order chi connectivity index (χ1) is 6.56. The second kappa shape index (κ2) is 4.72. The Balaban J connectivity index is 2.44. The smallest absolute Gasteiger partial charge is 0.138 e. The highest BCUT2D eigenvalue weighted by Gasteiger charge is 2.32. The van der Waals surface area contributed by atoms with E-state index in [4.69, 9.17) is 0 Å². The molecule has 0 aliphatic heterocycles. The fourth-order valence-corrected chi connectivity index (χ4v) is 1.73. The third kappa shape index (κ3) is 2.93. The summed E-state index contributed by atoms with van der Waals surface area (Å²) in [6.45, 7) is 5.81. The van der Waals surface area contributed by atoms with E-state index in [-0.39, 0.29) is 17.6 Å². The Morgan fingerprint density at radius 1 is 1.29 bits per heavy atom. The number of hydrogen-bond acceptors (Lipinski definition) is 2. The number of ketones is 2. The van der Waals surface area contributed by atoms with Crippen molar-refractivity contribution in [2.45, 2.75) is 46.5 Å². The molecule has 0 aromatic heterocycles. The maximum Gasteiger partial charge on any atom is 0.138 e. The molecule has 1 saturated carbocycles. The number of Topliss-reactive ketones (excluding diaryl/α,β-unsaturated/α-hetero) is 2. The lowest BCUT2D eigenvalue weighted by Gasteiger charge is -2.14. The molecule has 0 N–H and O–H groups in total. The standard InChI is InChI=1S/C12H20O2/c1-4-9(12(14)8(2)3)7-11(13)10-5-6-10/h8-10H,4-7H2,1-3H3. The van der Waals surface area contributed by atoms with E-state index in [1.165, 1.54) is 0 Å². The van der Waals surface area contributed by atoms with E-state index in [9.17, 15) is 9.59 Å². The second-order valence-corrected chi connectivity index (χ2v) is 4.61. The van der Waals surface area contributed by atoms with Crippen molar-refractivity contribution in [3.63, 3.8) is 0 Å². The highest BCUT2D eigenvalue weighted by atomic mass is 16.1. The fourth-order valence-electron chi connectivity index (χ4n) is 1.73. The molecule has 2 nitrogen and oxygen atoms in total. The predicted molar refractivity (Wildman–Crippen MR) is 56.0 cm³/mol. The monoisotopic (exact) mass is 196 g/mol. The van der Waals surface area contributed by atoms with Crippen LogP contribution in [0.1, 0.15) is 46.5 Å². The minimum Gasteiger partial charge on any atom is -0.299 e. The quantitative estimate of drug-likeness (QED) is 0.654. The lowest BCUT2D eigenvalue weighted by molar-refractivity contribution is -0.130. The molecule has 0 spiro atoms. The van der Waals surface area contributed by atoms with Crippen LogP contribution in [-0.4, -0.2) is 11.6 Å². The SMILES string of the molecule is CCC(CC(=O)C1CC1)C(=O)C(C)C. The molecule has 0 heterocycles. The Bertz CT molecular complexity index is 226. The molecular weight excluding hydrogens is 176 g/mol. The zero-order chi connectivity index (χ0) is 10.7. The van der Waals surface area contributed by atoms with E-state index in [1.807, 2.05) is 20.8 Å². The molecule has 0 aromatic carbocycles. The van der Waals surface area contributed by atoms with Gasteiger partial charge in [-0.3, -0.25) is 9.59 Å². The van der Waals surface area contributed by atoms with Crippen molar-refractivity contribution in [2.24, 2.45) is 17.8 Å². The summed E-state index contributed by atoms with van der Waals surface area (Å²) in [5.74, 6) is 0.895. The molecule has 14 heavy (non-hydrogen) atoms. The van der Waals surface area contributed by atoms with Crippen LogP contribution in [0.4, 0.5) is 0 Å². The first kappa shape index (κ1) is 11.4. The maximum absolute atomic E-state index is 11.7. The van der Waals surface area contributed by atoms with Crippen molar-refractivity contribution in [2.75, 3.05) is 0 Å². The van der Waals surface area contributed by atoms with E-state index >= 15 is 0 Å². The van der Waals surface area contributed by atoms with Crippen LogP contribution in [0.25, 0.3) is 0 Å². The first-order valence-electron chi connectivity index (χ1n) is 5.62. The Kier molecular flexibility index (Phi) is 3.85. The van der Waals surface area contributed by atoms with Gasteiger partial charge in [0.05, 0.1) is 0 Å². The average molecular weight is 196 g/mol. The molecule has 1 atom stereocenters. The third-order valence-electron chi connectivity index (χ3n) is 2.94. The summed E-state index contributed by atoms with van der Waals surface area (Å²) >= 11 is 0. The van der Waals surface area contributed by atoms with Gasteiger partial charge in [-0.15, -0.1) is 0 Å². The highest BCUT2D eigenvalue weighted by Crippen LogP contribution is 2.32. The van der Waals surface area contributed by atoms with Crippen LogP contribution in [0.15, 0.2) is 0 Å². The molecular formula is C12H20O2. The Morgan fingerprint density at radius 2 is 1.86 bits per heavy atom. The van der Waals surface area contributed by atoms with Crippen LogP contribution >= 0.6 is 0 Å². The van der Waals surface area contributed by atoms with Crippen molar-refractivity contribution in [1.82, 2.24) is 0 Å². The molecule has 0 aromatic rings. The number of carbonyl (C=O) groups excluding carboxylic acids is 2.